The minimum atomic E-state index is -3.97. The number of methoxy groups -OCH3 is 2. The zero-order chi connectivity index (χ0) is 18.4. The predicted octanol–water partition coefficient (Wildman–Crippen LogP) is 1.08. The molecule has 0 aromatic heterocycles. The summed E-state index contributed by atoms with van der Waals surface area (Å²) in [5.41, 5.74) is 6.15. The van der Waals surface area contributed by atoms with E-state index in [1.807, 2.05) is 6.07 Å². The number of hydrogen-bond donors (Lipinski definition) is 2. The van der Waals surface area contributed by atoms with Crippen LogP contribution >= 0.6 is 0 Å². The van der Waals surface area contributed by atoms with Crippen LogP contribution in [-0.2, 0) is 21.2 Å². The van der Waals surface area contributed by atoms with Crippen LogP contribution in [0.5, 0.6) is 11.5 Å². The van der Waals surface area contributed by atoms with E-state index in [-0.39, 0.29) is 17.1 Å². The lowest BCUT2D eigenvalue weighted by atomic mass is 10.1. The molecule has 2 aromatic carbocycles. The lowest BCUT2D eigenvalue weighted by molar-refractivity contribution is -0.119. The fraction of sp³-hybridized carbons (Fsp3) is 0.235. The topological polar surface area (TPSA) is 108 Å². The van der Waals surface area contributed by atoms with Crippen LogP contribution in [0, 0.1) is 0 Å². The summed E-state index contributed by atoms with van der Waals surface area (Å²) in [6.07, 6.45) is 0.155. The van der Waals surface area contributed by atoms with Gasteiger partial charge in [0.1, 0.15) is 6.04 Å². The molecule has 2 rings (SSSR count). The summed E-state index contributed by atoms with van der Waals surface area (Å²) in [4.78, 5) is 11.6. The lowest BCUT2D eigenvalue weighted by Crippen LogP contribution is -2.45. The number of amides is 1. The van der Waals surface area contributed by atoms with Gasteiger partial charge in [-0.15, -0.1) is 0 Å². The van der Waals surface area contributed by atoms with E-state index in [1.54, 1.807) is 24.3 Å². The largest absolute Gasteiger partial charge is 0.493 e. The fourth-order valence-corrected chi connectivity index (χ4v) is 3.51. The number of nitrogens with one attached hydrogen (secondary N) is 1. The number of carbonyl (C=O) groups is 1. The fourth-order valence-electron chi connectivity index (χ4n) is 2.29. The first-order chi connectivity index (χ1) is 11.9. The molecule has 8 heteroatoms. The van der Waals surface area contributed by atoms with Crippen molar-refractivity contribution in [1.29, 1.82) is 0 Å². The first-order valence-corrected chi connectivity index (χ1v) is 8.93. The van der Waals surface area contributed by atoms with Crippen molar-refractivity contribution in [3.63, 3.8) is 0 Å². The van der Waals surface area contributed by atoms with Gasteiger partial charge >= 0.3 is 0 Å². The van der Waals surface area contributed by atoms with E-state index in [0.717, 1.165) is 5.56 Å². The number of sulfonamides is 1. The van der Waals surface area contributed by atoms with E-state index >= 15 is 0 Å². The first-order valence-electron chi connectivity index (χ1n) is 7.45. The highest BCUT2D eigenvalue weighted by Gasteiger charge is 2.25. The lowest BCUT2D eigenvalue weighted by Gasteiger charge is -2.16. The van der Waals surface area contributed by atoms with E-state index < -0.39 is 22.0 Å². The van der Waals surface area contributed by atoms with E-state index in [4.69, 9.17) is 15.2 Å². The average molecular weight is 364 g/mol. The third kappa shape index (κ3) is 4.71. The summed E-state index contributed by atoms with van der Waals surface area (Å²) >= 11 is 0. The van der Waals surface area contributed by atoms with Gasteiger partial charge in [0, 0.05) is 6.07 Å². The molecular formula is C17H20N2O5S. The molecular weight excluding hydrogens is 344 g/mol. The minimum Gasteiger partial charge on any atom is -0.493 e. The van der Waals surface area contributed by atoms with Crippen LogP contribution in [0.25, 0.3) is 0 Å². The highest BCUT2D eigenvalue weighted by molar-refractivity contribution is 7.89. The van der Waals surface area contributed by atoms with Crippen molar-refractivity contribution < 1.29 is 22.7 Å². The van der Waals surface area contributed by atoms with Crippen molar-refractivity contribution >= 4 is 15.9 Å². The minimum absolute atomic E-state index is 0.0514. The third-order valence-electron chi connectivity index (χ3n) is 3.59. The van der Waals surface area contributed by atoms with Gasteiger partial charge < -0.3 is 15.2 Å². The molecule has 25 heavy (non-hydrogen) atoms. The van der Waals surface area contributed by atoms with Crippen LogP contribution < -0.4 is 19.9 Å². The Morgan fingerprint density at radius 1 is 1.08 bits per heavy atom. The molecule has 0 aliphatic carbocycles. The Bertz CT molecular complexity index is 837. The summed E-state index contributed by atoms with van der Waals surface area (Å²) in [6, 6.07) is 12.1. The summed E-state index contributed by atoms with van der Waals surface area (Å²) in [5, 5.41) is 0. The molecule has 1 atom stereocenters. The number of benzene rings is 2. The summed E-state index contributed by atoms with van der Waals surface area (Å²) < 4.78 is 37.7. The quantitative estimate of drug-likeness (QED) is 0.729. The average Bonchev–Trinajstić information content (AvgIpc) is 2.61. The summed E-state index contributed by atoms with van der Waals surface area (Å²) in [6.45, 7) is 0. The summed E-state index contributed by atoms with van der Waals surface area (Å²) in [7, 11) is -1.11. The van der Waals surface area contributed by atoms with Crippen LogP contribution in [-0.4, -0.2) is 34.6 Å². The highest BCUT2D eigenvalue weighted by Crippen LogP contribution is 2.29. The van der Waals surface area contributed by atoms with Gasteiger partial charge in [-0.05, 0) is 24.1 Å². The zero-order valence-corrected chi connectivity index (χ0v) is 14.7. The molecule has 0 radical (unpaired) electrons. The Labute approximate surface area is 146 Å². The Morgan fingerprint density at radius 3 is 2.28 bits per heavy atom. The number of nitrogens with two attached hydrogens (primary N) is 1. The molecule has 0 spiro atoms. The SMILES string of the molecule is COc1ccc(S(=O)(=O)N[C@@H](Cc2ccccc2)C(N)=O)cc1OC. The first kappa shape index (κ1) is 18.8. The second-order valence-corrected chi connectivity index (χ2v) is 7.00. The van der Waals surface area contributed by atoms with Gasteiger partial charge in [-0.3, -0.25) is 4.79 Å². The second-order valence-electron chi connectivity index (χ2n) is 5.28. The van der Waals surface area contributed by atoms with Crippen LogP contribution in [0.4, 0.5) is 0 Å². The Morgan fingerprint density at radius 2 is 1.72 bits per heavy atom. The number of rotatable bonds is 8. The van der Waals surface area contributed by atoms with Gasteiger partial charge in [0.05, 0.1) is 19.1 Å². The zero-order valence-electron chi connectivity index (χ0n) is 13.9. The number of carbonyl (C=O) groups excluding carboxylic acids is 1. The van der Waals surface area contributed by atoms with Gasteiger partial charge in [0.15, 0.2) is 11.5 Å². The summed E-state index contributed by atoms with van der Waals surface area (Å²) in [5.74, 6) is -0.0887. The van der Waals surface area contributed by atoms with Crippen molar-refractivity contribution in [3.05, 3.63) is 54.1 Å². The van der Waals surface area contributed by atoms with E-state index in [2.05, 4.69) is 4.72 Å². The van der Waals surface area contributed by atoms with Crippen molar-refractivity contribution in [2.75, 3.05) is 14.2 Å². The molecule has 0 aliphatic heterocycles. The standard InChI is InChI=1S/C17H20N2O5S/c1-23-15-9-8-13(11-16(15)24-2)25(21,22)19-14(17(18)20)10-12-6-4-3-5-7-12/h3-9,11,14,19H,10H2,1-2H3,(H2,18,20)/t14-/m0/s1. The van der Waals surface area contributed by atoms with Crippen LogP contribution in [0.1, 0.15) is 5.56 Å². The maximum absolute atomic E-state index is 12.6. The van der Waals surface area contributed by atoms with Gasteiger partial charge in [-0.1, -0.05) is 30.3 Å². The molecule has 0 aliphatic rings. The van der Waals surface area contributed by atoms with Crippen molar-refractivity contribution in [2.45, 2.75) is 17.4 Å². The smallest absolute Gasteiger partial charge is 0.241 e. The molecule has 2 aromatic rings. The maximum atomic E-state index is 12.6. The maximum Gasteiger partial charge on any atom is 0.241 e. The van der Waals surface area contributed by atoms with E-state index in [9.17, 15) is 13.2 Å². The molecule has 7 nitrogen and oxygen atoms in total. The third-order valence-corrected chi connectivity index (χ3v) is 5.06. The van der Waals surface area contributed by atoms with Crippen LogP contribution in [0.15, 0.2) is 53.4 Å². The molecule has 0 saturated heterocycles. The Balaban J connectivity index is 2.27. The molecule has 1 amide bonds. The molecule has 134 valence electrons. The number of primary amides is 1. The van der Waals surface area contributed by atoms with Gasteiger partial charge in [-0.2, -0.15) is 4.72 Å². The number of ether oxygens (including phenoxy) is 2. The molecule has 0 heterocycles. The van der Waals surface area contributed by atoms with Crippen LogP contribution in [0.2, 0.25) is 0 Å². The van der Waals surface area contributed by atoms with E-state index in [1.165, 1.54) is 32.4 Å². The van der Waals surface area contributed by atoms with Crippen molar-refractivity contribution in [3.8, 4) is 11.5 Å². The molecule has 0 fully saturated rings. The normalized spacial score (nSPS) is 12.4. The monoisotopic (exact) mass is 364 g/mol. The van der Waals surface area contributed by atoms with E-state index in [0.29, 0.717) is 5.75 Å². The number of hydrogen-bond acceptors (Lipinski definition) is 5. The molecule has 0 saturated carbocycles. The van der Waals surface area contributed by atoms with Gasteiger partial charge in [0.25, 0.3) is 0 Å². The second kappa shape index (κ2) is 8.00. The predicted molar refractivity (Wildman–Crippen MR) is 93.0 cm³/mol. The molecule has 0 bridgehead atoms. The highest BCUT2D eigenvalue weighted by atomic mass is 32.2. The molecule has 3 N–H and O–H groups in total. The Kier molecular flexibility index (Phi) is 6.00. The van der Waals surface area contributed by atoms with Crippen molar-refractivity contribution in [2.24, 2.45) is 5.73 Å². The van der Waals surface area contributed by atoms with Gasteiger partial charge in [0.2, 0.25) is 15.9 Å². The van der Waals surface area contributed by atoms with Crippen molar-refractivity contribution in [1.82, 2.24) is 4.72 Å². The van der Waals surface area contributed by atoms with Gasteiger partial charge in [-0.25, -0.2) is 8.42 Å². The molecule has 0 unspecified atom stereocenters. The Hall–Kier alpha value is -2.58. The van der Waals surface area contributed by atoms with Crippen LogP contribution in [0.3, 0.4) is 0 Å².